The number of ether oxygens (including phenoxy) is 1. The number of amides is 2. The molecule has 1 fully saturated rings. The highest BCUT2D eigenvalue weighted by atomic mass is 79.9. The molecule has 144 valence electrons. The van der Waals surface area contributed by atoms with Crippen LogP contribution in [0.4, 0.5) is 4.79 Å². The highest BCUT2D eigenvalue weighted by Gasteiger charge is 2.30. The van der Waals surface area contributed by atoms with Gasteiger partial charge in [-0.2, -0.15) is 0 Å². The SMILES string of the molecule is CC(c1ccc(Br)cc1)N1CCC(CCC(N)=O)OC1=O.c1ccccc1. The quantitative estimate of drug-likeness (QED) is 0.745. The van der Waals surface area contributed by atoms with Crippen molar-refractivity contribution in [2.24, 2.45) is 5.73 Å². The van der Waals surface area contributed by atoms with Gasteiger partial charge >= 0.3 is 6.09 Å². The molecule has 2 amide bonds. The highest BCUT2D eigenvalue weighted by molar-refractivity contribution is 9.10. The Bertz CT molecular complexity index is 695. The Balaban J connectivity index is 0.000000369. The zero-order valence-electron chi connectivity index (χ0n) is 15.4. The van der Waals surface area contributed by atoms with Crippen molar-refractivity contribution in [2.45, 2.75) is 38.3 Å². The van der Waals surface area contributed by atoms with Gasteiger partial charge < -0.3 is 15.4 Å². The zero-order chi connectivity index (χ0) is 19.6. The monoisotopic (exact) mass is 432 g/mol. The van der Waals surface area contributed by atoms with Gasteiger partial charge in [-0.15, -0.1) is 0 Å². The summed E-state index contributed by atoms with van der Waals surface area (Å²) in [6.45, 7) is 2.60. The van der Waals surface area contributed by atoms with Crippen molar-refractivity contribution in [3.63, 3.8) is 0 Å². The molecule has 1 aliphatic rings. The number of halogens is 1. The molecule has 0 aliphatic carbocycles. The lowest BCUT2D eigenvalue weighted by atomic mass is 10.0. The predicted molar refractivity (Wildman–Crippen MR) is 109 cm³/mol. The van der Waals surface area contributed by atoms with E-state index >= 15 is 0 Å². The van der Waals surface area contributed by atoms with Gasteiger partial charge in [-0.25, -0.2) is 4.79 Å². The number of benzene rings is 2. The van der Waals surface area contributed by atoms with Crippen molar-refractivity contribution >= 4 is 27.9 Å². The maximum absolute atomic E-state index is 12.1. The van der Waals surface area contributed by atoms with Crippen molar-refractivity contribution in [3.8, 4) is 0 Å². The molecule has 2 aromatic rings. The average molecular weight is 433 g/mol. The first-order chi connectivity index (χ1) is 13.0. The topological polar surface area (TPSA) is 72.6 Å². The van der Waals surface area contributed by atoms with Crippen LogP contribution >= 0.6 is 15.9 Å². The Morgan fingerprint density at radius 1 is 1.19 bits per heavy atom. The molecule has 0 saturated carbocycles. The Morgan fingerprint density at radius 3 is 2.22 bits per heavy atom. The minimum Gasteiger partial charge on any atom is -0.446 e. The molecule has 3 rings (SSSR count). The molecule has 2 aromatic carbocycles. The van der Waals surface area contributed by atoms with Gasteiger partial charge in [-0.3, -0.25) is 4.79 Å². The van der Waals surface area contributed by atoms with Crippen LogP contribution < -0.4 is 5.73 Å². The maximum atomic E-state index is 12.1. The van der Waals surface area contributed by atoms with E-state index in [2.05, 4.69) is 15.9 Å². The van der Waals surface area contributed by atoms with Crippen LogP contribution in [0.5, 0.6) is 0 Å². The van der Waals surface area contributed by atoms with Crippen LogP contribution in [0.25, 0.3) is 0 Å². The molecule has 1 saturated heterocycles. The first-order valence-electron chi connectivity index (χ1n) is 8.98. The van der Waals surface area contributed by atoms with Gasteiger partial charge in [0.1, 0.15) is 6.10 Å². The first-order valence-corrected chi connectivity index (χ1v) is 9.77. The number of hydrogen-bond donors (Lipinski definition) is 1. The van der Waals surface area contributed by atoms with E-state index in [1.165, 1.54) is 0 Å². The molecule has 0 radical (unpaired) electrons. The Labute approximate surface area is 168 Å². The number of rotatable bonds is 5. The lowest BCUT2D eigenvalue weighted by Gasteiger charge is -2.35. The van der Waals surface area contributed by atoms with Crippen LogP contribution in [0.3, 0.4) is 0 Å². The van der Waals surface area contributed by atoms with Crippen molar-refractivity contribution < 1.29 is 14.3 Å². The van der Waals surface area contributed by atoms with Crippen molar-refractivity contribution in [2.75, 3.05) is 6.54 Å². The standard InChI is InChI=1S/C15H19BrN2O3.C6H6/c1-10(11-2-4-12(16)5-3-11)18-9-8-13(21-15(18)20)6-7-14(17)19;1-2-4-6-5-3-1/h2-5,10,13H,6-9H2,1H3,(H2,17,19);1-6H. The summed E-state index contributed by atoms with van der Waals surface area (Å²) >= 11 is 3.40. The lowest BCUT2D eigenvalue weighted by molar-refractivity contribution is -0.118. The van der Waals surface area contributed by atoms with Gasteiger partial charge in [0.25, 0.3) is 0 Å². The third-order valence-corrected chi connectivity index (χ3v) is 4.92. The average Bonchev–Trinajstić information content (AvgIpc) is 2.68. The molecule has 1 heterocycles. The van der Waals surface area contributed by atoms with Crippen LogP contribution in [-0.4, -0.2) is 29.5 Å². The number of primary amides is 1. The zero-order valence-corrected chi connectivity index (χ0v) is 17.0. The lowest BCUT2D eigenvalue weighted by Crippen LogP contribution is -2.43. The summed E-state index contributed by atoms with van der Waals surface area (Å²) in [5, 5.41) is 0. The van der Waals surface area contributed by atoms with E-state index < -0.39 is 0 Å². The van der Waals surface area contributed by atoms with Crippen LogP contribution in [0.2, 0.25) is 0 Å². The molecule has 27 heavy (non-hydrogen) atoms. The molecule has 0 aromatic heterocycles. The molecule has 2 N–H and O–H groups in total. The minimum absolute atomic E-state index is 0.0392. The summed E-state index contributed by atoms with van der Waals surface area (Å²) in [6, 6.07) is 19.8. The normalized spacial score (nSPS) is 17.3. The van der Waals surface area contributed by atoms with Gasteiger partial charge in [-0.1, -0.05) is 64.5 Å². The van der Waals surface area contributed by atoms with E-state index in [4.69, 9.17) is 10.5 Å². The van der Waals surface area contributed by atoms with E-state index in [0.29, 0.717) is 13.0 Å². The van der Waals surface area contributed by atoms with Crippen molar-refractivity contribution in [1.29, 1.82) is 0 Å². The predicted octanol–water partition coefficient (Wildman–Crippen LogP) is 4.67. The fourth-order valence-electron chi connectivity index (χ4n) is 2.81. The van der Waals surface area contributed by atoms with Crippen LogP contribution in [0, 0.1) is 0 Å². The molecule has 1 aliphatic heterocycles. The summed E-state index contributed by atoms with van der Waals surface area (Å²) in [5.41, 5.74) is 6.18. The smallest absolute Gasteiger partial charge is 0.410 e. The van der Waals surface area contributed by atoms with E-state index in [-0.39, 0.29) is 30.6 Å². The fourth-order valence-corrected chi connectivity index (χ4v) is 3.07. The summed E-state index contributed by atoms with van der Waals surface area (Å²) in [7, 11) is 0. The molecule has 0 bridgehead atoms. The fraction of sp³-hybridized carbons (Fsp3) is 0.333. The molecule has 0 spiro atoms. The molecule has 6 heteroatoms. The second-order valence-corrected chi connectivity index (χ2v) is 7.29. The van der Waals surface area contributed by atoms with E-state index in [1.54, 1.807) is 4.90 Å². The van der Waals surface area contributed by atoms with E-state index in [1.807, 2.05) is 67.6 Å². The second kappa shape index (κ2) is 10.7. The highest BCUT2D eigenvalue weighted by Crippen LogP contribution is 2.27. The van der Waals surface area contributed by atoms with E-state index in [9.17, 15) is 9.59 Å². The minimum atomic E-state index is -0.364. The first kappa shape index (κ1) is 21.0. The number of nitrogens with zero attached hydrogens (tertiary/aromatic N) is 1. The largest absolute Gasteiger partial charge is 0.446 e. The van der Waals surface area contributed by atoms with Gasteiger partial charge in [0.2, 0.25) is 5.91 Å². The molecule has 2 atom stereocenters. The molecule has 5 nitrogen and oxygen atoms in total. The maximum Gasteiger partial charge on any atom is 0.410 e. The Kier molecular flexibility index (Phi) is 8.33. The summed E-state index contributed by atoms with van der Waals surface area (Å²) in [5.74, 6) is -0.364. The number of nitrogens with two attached hydrogens (primary N) is 1. The van der Waals surface area contributed by atoms with Gasteiger partial charge in [0, 0.05) is 23.9 Å². The summed E-state index contributed by atoms with van der Waals surface area (Å²) < 4.78 is 6.39. The van der Waals surface area contributed by atoms with Crippen LogP contribution in [0.1, 0.15) is 37.8 Å². The summed E-state index contributed by atoms with van der Waals surface area (Å²) in [6.07, 6.45) is 0.936. The van der Waals surface area contributed by atoms with Crippen molar-refractivity contribution in [3.05, 3.63) is 70.7 Å². The second-order valence-electron chi connectivity index (χ2n) is 6.38. The Hall–Kier alpha value is -2.34. The van der Waals surface area contributed by atoms with Crippen LogP contribution in [-0.2, 0) is 9.53 Å². The molecular weight excluding hydrogens is 408 g/mol. The van der Waals surface area contributed by atoms with Gasteiger partial charge in [0.15, 0.2) is 0 Å². The van der Waals surface area contributed by atoms with Crippen molar-refractivity contribution in [1.82, 2.24) is 4.90 Å². The molecule has 2 unspecified atom stereocenters. The van der Waals surface area contributed by atoms with Gasteiger partial charge in [-0.05, 0) is 31.0 Å². The molecular formula is C21H25BrN2O3. The van der Waals surface area contributed by atoms with Gasteiger partial charge in [0.05, 0.1) is 6.04 Å². The Morgan fingerprint density at radius 2 is 1.74 bits per heavy atom. The third-order valence-electron chi connectivity index (χ3n) is 4.39. The number of cyclic esters (lactones) is 1. The number of hydrogen-bond acceptors (Lipinski definition) is 3. The number of carbonyl (C=O) groups is 2. The van der Waals surface area contributed by atoms with E-state index in [0.717, 1.165) is 16.5 Å². The van der Waals surface area contributed by atoms with Crippen LogP contribution in [0.15, 0.2) is 65.1 Å². The summed E-state index contributed by atoms with van der Waals surface area (Å²) in [4.78, 5) is 24.6. The third kappa shape index (κ3) is 7.06. The number of carbonyl (C=O) groups excluding carboxylic acids is 2.